The van der Waals surface area contributed by atoms with Crippen LogP contribution in [0.15, 0.2) is 18.2 Å². The second kappa shape index (κ2) is 6.76. The van der Waals surface area contributed by atoms with Gasteiger partial charge in [0.05, 0.1) is 4.92 Å². The molecule has 1 amide bonds. The Bertz CT molecular complexity index is 550. The predicted molar refractivity (Wildman–Crippen MR) is 78.6 cm³/mol. The molecule has 7 heteroatoms. The predicted octanol–water partition coefficient (Wildman–Crippen LogP) is 2.89. The fourth-order valence-electron chi connectivity index (χ4n) is 2.40. The van der Waals surface area contributed by atoms with Crippen molar-refractivity contribution in [1.82, 2.24) is 4.90 Å². The molecular formula is C14H17ClN2O4. The Balaban J connectivity index is 1.99. The molecule has 21 heavy (non-hydrogen) atoms. The van der Waals surface area contributed by atoms with Crippen LogP contribution in [0.5, 0.6) is 5.75 Å². The molecule has 1 aromatic rings. The van der Waals surface area contributed by atoms with E-state index in [0.717, 1.165) is 19.4 Å². The van der Waals surface area contributed by atoms with Crippen molar-refractivity contribution in [3.8, 4) is 5.75 Å². The standard InChI is InChI=1S/C14H17ClN2O4/c1-10-3-2-6-16(8-10)14(18)9-21-13-5-4-11(15)7-12(13)17(19)20/h4-5,7,10H,2-3,6,8-9H2,1H3. The number of carbonyl (C=O) groups is 1. The van der Waals surface area contributed by atoms with Crippen LogP contribution in [0.25, 0.3) is 0 Å². The number of nitrogens with zero attached hydrogens (tertiary/aromatic N) is 2. The molecule has 0 radical (unpaired) electrons. The number of nitro groups is 1. The van der Waals surface area contributed by atoms with Crippen molar-refractivity contribution < 1.29 is 14.5 Å². The SMILES string of the molecule is CC1CCCN(C(=O)COc2ccc(Cl)cc2[N+](=O)[O-])C1. The van der Waals surface area contributed by atoms with Crippen LogP contribution in [-0.4, -0.2) is 35.4 Å². The van der Waals surface area contributed by atoms with Crippen LogP contribution >= 0.6 is 11.6 Å². The monoisotopic (exact) mass is 312 g/mol. The van der Waals surface area contributed by atoms with E-state index in [9.17, 15) is 14.9 Å². The lowest BCUT2D eigenvalue weighted by Crippen LogP contribution is -2.41. The molecule has 0 bridgehead atoms. The molecule has 114 valence electrons. The zero-order valence-electron chi connectivity index (χ0n) is 11.8. The van der Waals surface area contributed by atoms with Crippen molar-refractivity contribution >= 4 is 23.2 Å². The van der Waals surface area contributed by atoms with E-state index >= 15 is 0 Å². The van der Waals surface area contributed by atoms with E-state index in [1.807, 2.05) is 0 Å². The van der Waals surface area contributed by atoms with Crippen molar-refractivity contribution in [2.24, 2.45) is 5.92 Å². The molecular weight excluding hydrogens is 296 g/mol. The molecule has 1 fully saturated rings. The van der Waals surface area contributed by atoms with Gasteiger partial charge in [0, 0.05) is 24.2 Å². The molecule has 6 nitrogen and oxygen atoms in total. The summed E-state index contributed by atoms with van der Waals surface area (Å²) in [5.41, 5.74) is -0.234. The third-order valence-electron chi connectivity index (χ3n) is 3.48. The summed E-state index contributed by atoms with van der Waals surface area (Å²) in [6.07, 6.45) is 2.10. The van der Waals surface area contributed by atoms with Crippen LogP contribution in [0.4, 0.5) is 5.69 Å². The number of amides is 1. The molecule has 1 unspecified atom stereocenters. The molecule has 0 spiro atoms. The maximum atomic E-state index is 12.1. The zero-order valence-corrected chi connectivity index (χ0v) is 12.5. The lowest BCUT2D eigenvalue weighted by Gasteiger charge is -2.30. The van der Waals surface area contributed by atoms with Crippen LogP contribution in [0, 0.1) is 16.0 Å². The highest BCUT2D eigenvalue weighted by atomic mass is 35.5. The lowest BCUT2D eigenvalue weighted by atomic mass is 10.0. The highest BCUT2D eigenvalue weighted by molar-refractivity contribution is 6.30. The minimum atomic E-state index is -0.575. The molecule has 1 aromatic carbocycles. The van der Waals surface area contributed by atoms with Crippen molar-refractivity contribution in [2.75, 3.05) is 19.7 Å². The summed E-state index contributed by atoms with van der Waals surface area (Å²) >= 11 is 5.73. The first kappa shape index (κ1) is 15.6. The Morgan fingerprint density at radius 1 is 1.57 bits per heavy atom. The second-order valence-electron chi connectivity index (χ2n) is 5.24. The lowest BCUT2D eigenvalue weighted by molar-refractivity contribution is -0.385. The first-order valence-electron chi connectivity index (χ1n) is 6.82. The van der Waals surface area contributed by atoms with Gasteiger partial charge in [-0.1, -0.05) is 18.5 Å². The molecule has 1 aliphatic heterocycles. The molecule has 0 N–H and O–H groups in total. The van der Waals surface area contributed by atoms with Gasteiger partial charge in [0.1, 0.15) is 0 Å². The number of rotatable bonds is 4. The number of halogens is 1. The van der Waals surface area contributed by atoms with Crippen LogP contribution in [-0.2, 0) is 4.79 Å². The van der Waals surface area contributed by atoms with Gasteiger partial charge in [-0.2, -0.15) is 0 Å². The Labute approximate surface area is 127 Å². The van der Waals surface area contributed by atoms with Crippen LogP contribution < -0.4 is 4.74 Å². The highest BCUT2D eigenvalue weighted by Gasteiger charge is 2.22. The summed E-state index contributed by atoms with van der Waals surface area (Å²) in [5, 5.41) is 11.2. The van der Waals surface area contributed by atoms with E-state index in [2.05, 4.69) is 6.92 Å². The van der Waals surface area contributed by atoms with E-state index in [1.165, 1.54) is 18.2 Å². The Hall–Kier alpha value is -1.82. The molecule has 0 saturated carbocycles. The number of hydrogen-bond acceptors (Lipinski definition) is 4. The Morgan fingerprint density at radius 2 is 2.33 bits per heavy atom. The highest BCUT2D eigenvalue weighted by Crippen LogP contribution is 2.30. The molecule has 0 aliphatic carbocycles. The topological polar surface area (TPSA) is 72.7 Å². The van der Waals surface area contributed by atoms with E-state index in [-0.39, 0.29) is 29.0 Å². The van der Waals surface area contributed by atoms with Gasteiger partial charge in [-0.25, -0.2) is 0 Å². The van der Waals surface area contributed by atoms with E-state index in [1.54, 1.807) is 4.90 Å². The fourth-order valence-corrected chi connectivity index (χ4v) is 2.57. The van der Waals surface area contributed by atoms with Gasteiger partial charge in [0.25, 0.3) is 5.91 Å². The number of carbonyl (C=O) groups excluding carboxylic acids is 1. The molecule has 1 aliphatic rings. The third kappa shape index (κ3) is 4.07. The van der Waals surface area contributed by atoms with Crippen molar-refractivity contribution in [1.29, 1.82) is 0 Å². The first-order chi connectivity index (χ1) is 9.97. The van der Waals surface area contributed by atoms with Gasteiger partial charge in [0.2, 0.25) is 0 Å². The maximum Gasteiger partial charge on any atom is 0.312 e. The molecule has 2 rings (SSSR count). The van der Waals surface area contributed by atoms with Gasteiger partial charge >= 0.3 is 5.69 Å². The van der Waals surface area contributed by atoms with Crippen molar-refractivity contribution in [3.05, 3.63) is 33.3 Å². The number of likely N-dealkylation sites (tertiary alicyclic amines) is 1. The van der Waals surface area contributed by atoms with Crippen molar-refractivity contribution in [3.63, 3.8) is 0 Å². The quantitative estimate of drug-likeness (QED) is 0.633. The number of nitro benzene ring substituents is 1. The second-order valence-corrected chi connectivity index (χ2v) is 5.68. The number of hydrogen-bond donors (Lipinski definition) is 0. The summed E-state index contributed by atoms with van der Waals surface area (Å²) < 4.78 is 5.31. The van der Waals surface area contributed by atoms with Gasteiger partial charge in [0.15, 0.2) is 12.4 Å². The summed E-state index contributed by atoms with van der Waals surface area (Å²) in [6.45, 7) is 3.33. The normalized spacial score (nSPS) is 18.4. The van der Waals surface area contributed by atoms with Gasteiger partial charge in [-0.05, 0) is 30.9 Å². The van der Waals surface area contributed by atoms with Crippen LogP contribution in [0.2, 0.25) is 5.02 Å². The fraction of sp³-hybridized carbons (Fsp3) is 0.500. The Kier molecular flexibility index (Phi) is 5.01. The van der Waals surface area contributed by atoms with Gasteiger partial charge in [-0.3, -0.25) is 14.9 Å². The minimum absolute atomic E-state index is 0.0582. The van der Waals surface area contributed by atoms with Gasteiger partial charge < -0.3 is 9.64 Å². The number of piperidine rings is 1. The third-order valence-corrected chi connectivity index (χ3v) is 3.71. The minimum Gasteiger partial charge on any atom is -0.477 e. The largest absolute Gasteiger partial charge is 0.477 e. The summed E-state index contributed by atoms with van der Waals surface area (Å²) in [5.74, 6) is 0.390. The molecule has 1 saturated heterocycles. The summed E-state index contributed by atoms with van der Waals surface area (Å²) in [6, 6.07) is 4.12. The molecule has 1 heterocycles. The zero-order chi connectivity index (χ0) is 15.4. The van der Waals surface area contributed by atoms with E-state index < -0.39 is 4.92 Å². The number of ether oxygens (including phenoxy) is 1. The number of benzene rings is 1. The van der Waals surface area contributed by atoms with Crippen LogP contribution in [0.3, 0.4) is 0 Å². The smallest absolute Gasteiger partial charge is 0.312 e. The first-order valence-corrected chi connectivity index (χ1v) is 7.19. The summed E-state index contributed by atoms with van der Waals surface area (Å²) in [7, 11) is 0. The average Bonchev–Trinajstić information content (AvgIpc) is 2.45. The van der Waals surface area contributed by atoms with E-state index in [0.29, 0.717) is 12.5 Å². The molecule has 0 aromatic heterocycles. The van der Waals surface area contributed by atoms with E-state index in [4.69, 9.17) is 16.3 Å². The molecule has 1 atom stereocenters. The van der Waals surface area contributed by atoms with Crippen molar-refractivity contribution in [2.45, 2.75) is 19.8 Å². The van der Waals surface area contributed by atoms with Crippen LogP contribution in [0.1, 0.15) is 19.8 Å². The maximum absolute atomic E-state index is 12.1. The van der Waals surface area contributed by atoms with Gasteiger partial charge in [-0.15, -0.1) is 0 Å². The summed E-state index contributed by atoms with van der Waals surface area (Å²) in [4.78, 5) is 24.2. The Morgan fingerprint density at radius 3 is 3.00 bits per heavy atom. The average molecular weight is 313 g/mol.